The number of nitrogens with zero attached hydrogens (tertiary/aromatic N) is 1. The van der Waals surface area contributed by atoms with E-state index in [1.165, 1.54) is 69.7 Å². The highest BCUT2D eigenvalue weighted by atomic mass is 32.1. The van der Waals surface area contributed by atoms with E-state index in [0.717, 1.165) is 11.4 Å². The zero-order valence-electron chi connectivity index (χ0n) is 25.1. The monoisotopic (exact) mass is 603 g/mol. The lowest BCUT2D eigenvalue weighted by molar-refractivity contribution is 1.32. The van der Waals surface area contributed by atoms with E-state index in [2.05, 4.69) is 181 Å². The summed E-state index contributed by atoms with van der Waals surface area (Å²) in [7, 11) is 0. The van der Waals surface area contributed by atoms with Crippen LogP contribution in [0.3, 0.4) is 0 Å². The molecule has 0 aliphatic carbocycles. The van der Waals surface area contributed by atoms with Gasteiger partial charge in [-0.05, 0) is 68.7 Å². The maximum atomic E-state index is 2.47. The summed E-state index contributed by atoms with van der Waals surface area (Å²) < 4.78 is 2.63. The predicted molar refractivity (Wildman–Crippen MR) is 200 cm³/mol. The third-order valence-electron chi connectivity index (χ3n) is 9.07. The van der Waals surface area contributed by atoms with E-state index in [0.29, 0.717) is 0 Å². The van der Waals surface area contributed by atoms with Crippen molar-refractivity contribution in [3.05, 3.63) is 176 Å². The molecule has 0 saturated heterocycles. The summed E-state index contributed by atoms with van der Waals surface area (Å²) in [4.78, 5) is 2.47. The van der Waals surface area contributed by atoms with Crippen molar-refractivity contribution in [1.82, 2.24) is 0 Å². The summed E-state index contributed by atoms with van der Waals surface area (Å²) in [5.74, 6) is 0. The van der Waals surface area contributed by atoms with Gasteiger partial charge in [0.25, 0.3) is 0 Å². The molecule has 0 saturated carbocycles. The Hall–Kier alpha value is -5.70. The fourth-order valence-electron chi connectivity index (χ4n) is 6.91. The molecule has 0 fully saturated rings. The van der Waals surface area contributed by atoms with Crippen molar-refractivity contribution >= 4 is 70.1 Å². The minimum atomic E-state index is 1.13. The first-order valence-corrected chi connectivity index (χ1v) is 16.5. The second kappa shape index (κ2) is 11.0. The van der Waals surface area contributed by atoms with E-state index < -0.39 is 0 Å². The van der Waals surface area contributed by atoms with Crippen molar-refractivity contribution < 1.29 is 0 Å². The van der Waals surface area contributed by atoms with Crippen LogP contribution in [0, 0.1) is 0 Å². The highest BCUT2D eigenvalue weighted by molar-refractivity contribution is 7.26. The number of fused-ring (bicyclic) bond motifs is 6. The van der Waals surface area contributed by atoms with Gasteiger partial charge in [0.1, 0.15) is 0 Å². The van der Waals surface area contributed by atoms with Gasteiger partial charge in [-0.3, -0.25) is 0 Å². The zero-order valence-corrected chi connectivity index (χ0v) is 25.9. The molecule has 9 rings (SSSR count). The number of rotatable bonds is 5. The minimum Gasteiger partial charge on any atom is -0.309 e. The molecule has 0 amide bonds. The van der Waals surface area contributed by atoms with Gasteiger partial charge >= 0.3 is 0 Å². The van der Waals surface area contributed by atoms with Crippen LogP contribution in [0.4, 0.5) is 17.1 Å². The minimum absolute atomic E-state index is 1.13. The van der Waals surface area contributed by atoms with Crippen LogP contribution in [0.15, 0.2) is 176 Å². The van der Waals surface area contributed by atoms with E-state index >= 15 is 0 Å². The van der Waals surface area contributed by atoms with Gasteiger partial charge in [0.05, 0.1) is 11.4 Å². The summed E-state index contributed by atoms with van der Waals surface area (Å²) in [5, 5.41) is 7.63. The topological polar surface area (TPSA) is 3.24 Å². The maximum absolute atomic E-state index is 2.47. The quantitative estimate of drug-likeness (QED) is 0.189. The summed E-state index contributed by atoms with van der Waals surface area (Å²) in [5.41, 5.74) is 8.37. The molecule has 9 aromatic rings. The first kappa shape index (κ1) is 26.7. The van der Waals surface area contributed by atoms with E-state index in [1.54, 1.807) is 0 Å². The lowest BCUT2D eigenvalue weighted by Gasteiger charge is -2.28. The van der Waals surface area contributed by atoms with E-state index in [-0.39, 0.29) is 0 Å². The molecular formula is C44H29NS. The van der Waals surface area contributed by atoms with Crippen molar-refractivity contribution in [2.24, 2.45) is 0 Å². The van der Waals surface area contributed by atoms with Crippen LogP contribution in [0.5, 0.6) is 0 Å². The third-order valence-corrected chi connectivity index (χ3v) is 10.3. The number of benzene rings is 8. The highest BCUT2D eigenvalue weighted by Crippen LogP contribution is 2.48. The van der Waals surface area contributed by atoms with Crippen molar-refractivity contribution in [2.75, 3.05) is 4.90 Å². The molecule has 46 heavy (non-hydrogen) atoms. The molecule has 0 aliphatic heterocycles. The molecule has 0 bridgehead atoms. The second-order valence-electron chi connectivity index (χ2n) is 11.7. The van der Waals surface area contributed by atoms with E-state index in [9.17, 15) is 0 Å². The van der Waals surface area contributed by atoms with Crippen molar-refractivity contribution in [3.63, 3.8) is 0 Å². The molecule has 1 nitrogen and oxygen atoms in total. The molecule has 0 aliphatic rings. The molecule has 1 heterocycles. The SMILES string of the molecule is c1ccc(-c2ccc(N(c3ccc(-c4ccccc4)c4ccccc34)c3cccc4sc5c6ccccc6ccc5c34)cc2)cc1. The van der Waals surface area contributed by atoms with Crippen LogP contribution in [0.1, 0.15) is 0 Å². The number of hydrogen-bond donors (Lipinski definition) is 0. The summed E-state index contributed by atoms with van der Waals surface area (Å²) in [6.07, 6.45) is 0. The summed E-state index contributed by atoms with van der Waals surface area (Å²) in [6, 6.07) is 63.8. The molecule has 0 N–H and O–H groups in total. The van der Waals surface area contributed by atoms with Crippen molar-refractivity contribution in [3.8, 4) is 22.3 Å². The normalized spacial score (nSPS) is 11.5. The fraction of sp³-hybridized carbons (Fsp3) is 0. The predicted octanol–water partition coefficient (Wildman–Crippen LogP) is 13.2. The van der Waals surface area contributed by atoms with Crippen molar-refractivity contribution in [1.29, 1.82) is 0 Å². The summed E-state index contributed by atoms with van der Waals surface area (Å²) >= 11 is 1.89. The number of thiophene rings is 1. The average molecular weight is 604 g/mol. The standard InChI is InChI=1S/C44H29NS/c1-3-12-30(13-4-1)31-22-25-34(26-23-31)45(40-29-28-35(32-14-5-2-6-15-32)37-18-9-10-19-38(37)40)41-20-11-21-42-43(41)39-27-24-33-16-7-8-17-36(33)44(39)46-42/h1-29H. The van der Waals surface area contributed by atoms with Crippen LogP contribution in [0.25, 0.3) is 64.0 Å². The zero-order chi connectivity index (χ0) is 30.5. The van der Waals surface area contributed by atoms with Crippen LogP contribution >= 0.6 is 11.3 Å². The molecule has 216 valence electrons. The van der Waals surface area contributed by atoms with Crippen molar-refractivity contribution in [2.45, 2.75) is 0 Å². The first-order valence-electron chi connectivity index (χ1n) is 15.7. The smallest absolute Gasteiger partial charge is 0.0555 e. The van der Waals surface area contributed by atoms with Gasteiger partial charge in [0.2, 0.25) is 0 Å². The number of anilines is 3. The Morgan fingerprint density at radius 2 is 1.02 bits per heavy atom. The Balaban J connectivity index is 1.32. The molecule has 0 radical (unpaired) electrons. The van der Waals surface area contributed by atoms with Crippen LogP contribution < -0.4 is 4.90 Å². The molecule has 8 aromatic carbocycles. The van der Waals surface area contributed by atoms with Gasteiger partial charge in [-0.2, -0.15) is 0 Å². The molecular weight excluding hydrogens is 575 g/mol. The van der Waals surface area contributed by atoms with Crippen LogP contribution in [0.2, 0.25) is 0 Å². The molecule has 0 unspecified atom stereocenters. The van der Waals surface area contributed by atoms with Gasteiger partial charge in [-0.25, -0.2) is 0 Å². The highest BCUT2D eigenvalue weighted by Gasteiger charge is 2.21. The van der Waals surface area contributed by atoms with Gasteiger partial charge in [-0.15, -0.1) is 11.3 Å². The lowest BCUT2D eigenvalue weighted by atomic mass is 9.96. The Kier molecular flexibility index (Phi) is 6.40. The molecule has 0 spiro atoms. The average Bonchev–Trinajstić information content (AvgIpc) is 3.53. The molecule has 1 aromatic heterocycles. The molecule has 0 atom stereocenters. The fourth-order valence-corrected chi connectivity index (χ4v) is 8.17. The Bertz CT molecular complexity index is 2510. The van der Waals surface area contributed by atoms with Crippen LogP contribution in [-0.4, -0.2) is 0 Å². The molecule has 2 heteroatoms. The van der Waals surface area contributed by atoms with E-state index in [4.69, 9.17) is 0 Å². The lowest BCUT2D eigenvalue weighted by Crippen LogP contribution is -2.11. The summed E-state index contributed by atoms with van der Waals surface area (Å²) in [6.45, 7) is 0. The number of hydrogen-bond acceptors (Lipinski definition) is 2. The van der Waals surface area contributed by atoms with Gasteiger partial charge in [0.15, 0.2) is 0 Å². The first-order chi connectivity index (χ1) is 22.8. The van der Waals surface area contributed by atoms with Gasteiger partial charge in [0, 0.05) is 31.2 Å². The van der Waals surface area contributed by atoms with Gasteiger partial charge in [-0.1, -0.05) is 146 Å². The van der Waals surface area contributed by atoms with Gasteiger partial charge < -0.3 is 4.90 Å². The van der Waals surface area contributed by atoms with Crippen LogP contribution in [-0.2, 0) is 0 Å². The largest absolute Gasteiger partial charge is 0.309 e. The Morgan fingerprint density at radius 3 is 1.80 bits per heavy atom. The Morgan fingerprint density at radius 1 is 0.370 bits per heavy atom. The third kappa shape index (κ3) is 4.38. The Labute approximate surface area is 272 Å². The maximum Gasteiger partial charge on any atom is 0.0555 e. The second-order valence-corrected chi connectivity index (χ2v) is 12.8. The van der Waals surface area contributed by atoms with E-state index in [1.807, 2.05) is 11.3 Å².